The van der Waals surface area contributed by atoms with Crippen molar-refractivity contribution >= 4 is 0 Å². The molecule has 90 valence electrons. The van der Waals surface area contributed by atoms with Gasteiger partial charge in [-0.25, -0.2) is 0 Å². The van der Waals surface area contributed by atoms with Gasteiger partial charge in [0.2, 0.25) is 0 Å². The molecule has 1 N–H and O–H groups in total. The van der Waals surface area contributed by atoms with Crippen LogP contribution in [-0.4, -0.2) is 37.6 Å². The Morgan fingerprint density at radius 1 is 1.33 bits per heavy atom. The summed E-state index contributed by atoms with van der Waals surface area (Å²) in [5.41, 5.74) is 0.353. The van der Waals surface area contributed by atoms with Crippen LogP contribution in [0.25, 0.3) is 0 Å². The monoisotopic (exact) mass is 212 g/mol. The molecule has 0 aromatic rings. The zero-order chi connectivity index (χ0) is 11.5. The summed E-state index contributed by atoms with van der Waals surface area (Å²) in [7, 11) is 4.35. The Balaban J connectivity index is 2.44. The predicted octanol–water partition coefficient (Wildman–Crippen LogP) is 2.49. The van der Waals surface area contributed by atoms with Gasteiger partial charge in [-0.2, -0.15) is 0 Å². The van der Waals surface area contributed by atoms with Crippen LogP contribution in [0.5, 0.6) is 0 Å². The van der Waals surface area contributed by atoms with E-state index in [9.17, 15) is 0 Å². The van der Waals surface area contributed by atoms with Gasteiger partial charge in [0.1, 0.15) is 0 Å². The molecule has 1 aliphatic carbocycles. The first-order valence-corrected chi connectivity index (χ1v) is 6.35. The molecule has 1 atom stereocenters. The van der Waals surface area contributed by atoms with Gasteiger partial charge < -0.3 is 10.2 Å². The molecule has 0 aromatic carbocycles. The highest BCUT2D eigenvalue weighted by molar-refractivity contribution is 4.85. The molecule has 1 fully saturated rings. The van der Waals surface area contributed by atoms with Gasteiger partial charge in [-0.3, -0.25) is 0 Å². The van der Waals surface area contributed by atoms with Gasteiger partial charge in [0.05, 0.1) is 0 Å². The molecule has 0 saturated heterocycles. The number of rotatable bonds is 5. The third-order valence-corrected chi connectivity index (χ3v) is 4.21. The van der Waals surface area contributed by atoms with Crippen molar-refractivity contribution in [3.63, 3.8) is 0 Å². The van der Waals surface area contributed by atoms with E-state index in [1.165, 1.54) is 32.2 Å². The lowest BCUT2D eigenvalue weighted by Gasteiger charge is -2.37. The van der Waals surface area contributed by atoms with Crippen molar-refractivity contribution < 1.29 is 0 Å². The molecule has 0 bridgehead atoms. The highest BCUT2D eigenvalue weighted by atomic mass is 15.1. The van der Waals surface area contributed by atoms with E-state index >= 15 is 0 Å². The second-order valence-corrected chi connectivity index (χ2v) is 5.85. The largest absolute Gasteiger partial charge is 0.317 e. The lowest BCUT2D eigenvalue weighted by molar-refractivity contribution is 0.134. The van der Waals surface area contributed by atoms with Gasteiger partial charge in [-0.05, 0) is 39.3 Å². The van der Waals surface area contributed by atoms with E-state index in [1.54, 1.807) is 0 Å². The zero-order valence-corrected chi connectivity index (χ0v) is 11.1. The normalized spacial score (nSPS) is 21.2. The summed E-state index contributed by atoms with van der Waals surface area (Å²) < 4.78 is 0. The van der Waals surface area contributed by atoms with E-state index in [1.807, 2.05) is 0 Å². The molecule has 1 saturated carbocycles. The average molecular weight is 212 g/mol. The quantitative estimate of drug-likeness (QED) is 0.753. The Morgan fingerprint density at radius 3 is 2.33 bits per heavy atom. The van der Waals surface area contributed by atoms with Gasteiger partial charge in [0.25, 0.3) is 0 Å². The third-order valence-electron chi connectivity index (χ3n) is 4.21. The Kier molecular flexibility index (Phi) is 4.60. The number of nitrogens with zero attached hydrogens (tertiary/aromatic N) is 1. The summed E-state index contributed by atoms with van der Waals surface area (Å²) in [4.78, 5) is 2.57. The molecular weight excluding hydrogens is 184 g/mol. The molecule has 0 radical (unpaired) electrons. The SMILES string of the molecule is CNC(C)C(C)(C)CN(C)C1CCCC1. The van der Waals surface area contributed by atoms with Crippen LogP contribution in [0.1, 0.15) is 46.5 Å². The first-order valence-electron chi connectivity index (χ1n) is 6.35. The van der Waals surface area contributed by atoms with Crippen molar-refractivity contribution in [3.8, 4) is 0 Å². The summed E-state index contributed by atoms with van der Waals surface area (Å²) in [5, 5.41) is 3.37. The Morgan fingerprint density at radius 2 is 1.87 bits per heavy atom. The van der Waals surface area contributed by atoms with Crippen molar-refractivity contribution in [3.05, 3.63) is 0 Å². The van der Waals surface area contributed by atoms with Crippen LogP contribution >= 0.6 is 0 Å². The highest BCUT2D eigenvalue weighted by Gasteiger charge is 2.29. The summed E-state index contributed by atoms with van der Waals surface area (Å²) in [6.07, 6.45) is 5.66. The molecule has 1 unspecified atom stereocenters. The van der Waals surface area contributed by atoms with Crippen LogP contribution in [-0.2, 0) is 0 Å². The highest BCUT2D eigenvalue weighted by Crippen LogP contribution is 2.27. The van der Waals surface area contributed by atoms with Crippen LogP contribution in [0, 0.1) is 5.41 Å². The van der Waals surface area contributed by atoms with Gasteiger partial charge >= 0.3 is 0 Å². The molecular formula is C13H28N2. The molecule has 2 nitrogen and oxygen atoms in total. The average Bonchev–Trinajstić information content (AvgIpc) is 2.68. The topological polar surface area (TPSA) is 15.3 Å². The number of hydrogen-bond donors (Lipinski definition) is 1. The van der Waals surface area contributed by atoms with Gasteiger partial charge in [-0.1, -0.05) is 26.7 Å². The molecule has 1 aliphatic rings. The minimum Gasteiger partial charge on any atom is -0.317 e. The summed E-state index contributed by atoms with van der Waals surface area (Å²) in [6.45, 7) is 8.20. The summed E-state index contributed by atoms with van der Waals surface area (Å²) in [5.74, 6) is 0. The molecule has 15 heavy (non-hydrogen) atoms. The van der Waals surface area contributed by atoms with E-state index in [-0.39, 0.29) is 0 Å². The van der Waals surface area contributed by atoms with Crippen LogP contribution in [0.3, 0.4) is 0 Å². The second kappa shape index (κ2) is 5.31. The zero-order valence-electron chi connectivity index (χ0n) is 11.1. The standard InChI is InChI=1S/C13H28N2/c1-11(14-4)13(2,3)10-15(5)12-8-6-7-9-12/h11-12,14H,6-10H2,1-5H3. The summed E-state index contributed by atoms with van der Waals surface area (Å²) in [6, 6.07) is 1.41. The minimum atomic E-state index is 0.353. The Labute approximate surface area is 95.4 Å². The maximum Gasteiger partial charge on any atom is 0.00991 e. The molecule has 2 heteroatoms. The maximum absolute atomic E-state index is 3.37. The van der Waals surface area contributed by atoms with E-state index in [4.69, 9.17) is 0 Å². The molecule has 0 heterocycles. The fourth-order valence-electron chi connectivity index (χ4n) is 2.64. The fourth-order valence-corrected chi connectivity index (χ4v) is 2.64. The first kappa shape index (κ1) is 13.0. The van der Waals surface area contributed by atoms with Crippen molar-refractivity contribution in [2.24, 2.45) is 5.41 Å². The first-order chi connectivity index (χ1) is 6.97. The van der Waals surface area contributed by atoms with Crippen LogP contribution in [0.2, 0.25) is 0 Å². The van der Waals surface area contributed by atoms with Crippen LogP contribution < -0.4 is 5.32 Å². The number of hydrogen-bond acceptors (Lipinski definition) is 2. The van der Waals surface area contributed by atoms with Gasteiger partial charge in [-0.15, -0.1) is 0 Å². The van der Waals surface area contributed by atoms with E-state index in [0.717, 1.165) is 6.04 Å². The molecule has 0 spiro atoms. The summed E-state index contributed by atoms with van der Waals surface area (Å²) >= 11 is 0. The third kappa shape index (κ3) is 3.46. The van der Waals surface area contributed by atoms with Gasteiger partial charge in [0, 0.05) is 18.6 Å². The van der Waals surface area contributed by atoms with Crippen LogP contribution in [0.4, 0.5) is 0 Å². The molecule has 1 rings (SSSR count). The smallest absolute Gasteiger partial charge is 0.00991 e. The Hall–Kier alpha value is -0.0800. The lowest BCUT2D eigenvalue weighted by Crippen LogP contribution is -2.46. The molecule has 0 aliphatic heterocycles. The van der Waals surface area contributed by atoms with Gasteiger partial charge in [0.15, 0.2) is 0 Å². The van der Waals surface area contributed by atoms with E-state index in [0.29, 0.717) is 11.5 Å². The number of nitrogens with one attached hydrogen (secondary N) is 1. The van der Waals surface area contributed by atoms with Crippen molar-refractivity contribution in [2.75, 3.05) is 20.6 Å². The minimum absolute atomic E-state index is 0.353. The lowest BCUT2D eigenvalue weighted by atomic mass is 9.84. The predicted molar refractivity (Wildman–Crippen MR) is 67.2 cm³/mol. The fraction of sp³-hybridized carbons (Fsp3) is 1.00. The van der Waals surface area contributed by atoms with Crippen molar-refractivity contribution in [1.82, 2.24) is 10.2 Å². The van der Waals surface area contributed by atoms with Crippen molar-refractivity contribution in [2.45, 2.75) is 58.5 Å². The van der Waals surface area contributed by atoms with E-state index < -0.39 is 0 Å². The maximum atomic E-state index is 3.37. The molecule has 0 aromatic heterocycles. The van der Waals surface area contributed by atoms with Crippen LogP contribution in [0.15, 0.2) is 0 Å². The Bertz CT molecular complexity index is 183. The second-order valence-electron chi connectivity index (χ2n) is 5.85. The van der Waals surface area contributed by atoms with Crippen molar-refractivity contribution in [1.29, 1.82) is 0 Å². The van der Waals surface area contributed by atoms with E-state index in [2.05, 4.69) is 45.1 Å². The molecule has 0 amide bonds.